The van der Waals surface area contributed by atoms with Crippen molar-refractivity contribution >= 4 is 12.4 Å². The second kappa shape index (κ2) is 6.45. The lowest BCUT2D eigenvalue weighted by Gasteiger charge is -2.24. The van der Waals surface area contributed by atoms with Crippen molar-refractivity contribution < 1.29 is 0 Å². The number of piperidine rings is 1. The molecular weight excluding hydrogens is 160 g/mol. The molecule has 3 heteroatoms. The summed E-state index contributed by atoms with van der Waals surface area (Å²) in [4.78, 5) is 2.38. The maximum atomic E-state index is 8.32. The molecule has 1 aliphatic heterocycles. The Balaban J connectivity index is 0.000001000. The third-order valence-corrected chi connectivity index (χ3v) is 1.99. The van der Waals surface area contributed by atoms with Crippen LogP contribution < -0.4 is 0 Å². The van der Waals surface area contributed by atoms with E-state index < -0.39 is 0 Å². The predicted molar refractivity (Wildman–Crippen MR) is 47.8 cm³/mol. The number of hydrogen-bond acceptors (Lipinski definition) is 2. The molecule has 11 heavy (non-hydrogen) atoms. The lowest BCUT2D eigenvalue weighted by molar-refractivity contribution is 0.233. The van der Waals surface area contributed by atoms with Crippen molar-refractivity contribution in [3.8, 4) is 6.07 Å². The minimum atomic E-state index is 0. The molecule has 0 aromatic rings. The summed E-state index contributed by atoms with van der Waals surface area (Å²) in [6.07, 6.45) is 4.72. The molecule has 2 nitrogen and oxygen atoms in total. The molecule has 0 aliphatic carbocycles. The maximum absolute atomic E-state index is 8.32. The highest BCUT2D eigenvalue weighted by Crippen LogP contribution is 2.07. The van der Waals surface area contributed by atoms with Crippen molar-refractivity contribution in [2.75, 3.05) is 19.6 Å². The number of rotatable bonds is 2. The van der Waals surface area contributed by atoms with E-state index in [1.54, 1.807) is 0 Å². The fourth-order valence-electron chi connectivity index (χ4n) is 1.39. The van der Waals surface area contributed by atoms with E-state index in [0.717, 1.165) is 6.54 Å². The molecule has 0 bridgehead atoms. The number of likely N-dealkylation sites (tertiary alicyclic amines) is 1. The SMILES string of the molecule is Cl.N#CCCN1CCCCC1. The van der Waals surface area contributed by atoms with E-state index in [-0.39, 0.29) is 12.4 Å². The molecule has 0 saturated carbocycles. The molecule has 1 aliphatic rings. The normalized spacial score (nSPS) is 18.5. The molecule has 0 aromatic carbocycles. The average Bonchev–Trinajstić information content (AvgIpc) is 2.03. The van der Waals surface area contributed by atoms with Crippen molar-refractivity contribution in [2.45, 2.75) is 25.7 Å². The van der Waals surface area contributed by atoms with Crippen LogP contribution in [0.4, 0.5) is 0 Å². The van der Waals surface area contributed by atoms with Gasteiger partial charge >= 0.3 is 0 Å². The van der Waals surface area contributed by atoms with Crippen LogP contribution >= 0.6 is 12.4 Å². The second-order valence-electron chi connectivity index (χ2n) is 2.81. The molecular formula is C8H15ClN2. The van der Waals surface area contributed by atoms with Gasteiger partial charge in [-0.1, -0.05) is 6.42 Å². The molecule has 0 amide bonds. The number of nitrogens with zero attached hydrogens (tertiary/aromatic N) is 2. The zero-order chi connectivity index (χ0) is 7.23. The van der Waals surface area contributed by atoms with E-state index in [9.17, 15) is 0 Å². The smallest absolute Gasteiger partial charge is 0.0635 e. The van der Waals surface area contributed by atoms with Gasteiger partial charge in [0.2, 0.25) is 0 Å². The van der Waals surface area contributed by atoms with Gasteiger partial charge in [-0.3, -0.25) is 0 Å². The van der Waals surface area contributed by atoms with Crippen LogP contribution in [0.5, 0.6) is 0 Å². The van der Waals surface area contributed by atoms with E-state index in [1.807, 2.05) is 0 Å². The van der Waals surface area contributed by atoms with Crippen LogP contribution in [0.2, 0.25) is 0 Å². The number of nitriles is 1. The van der Waals surface area contributed by atoms with Crippen LogP contribution in [-0.2, 0) is 0 Å². The Morgan fingerprint density at radius 3 is 2.36 bits per heavy atom. The summed E-state index contributed by atoms with van der Waals surface area (Å²) in [5, 5.41) is 8.32. The summed E-state index contributed by atoms with van der Waals surface area (Å²) in [6.45, 7) is 3.40. The van der Waals surface area contributed by atoms with Gasteiger partial charge in [-0.15, -0.1) is 12.4 Å². The van der Waals surface area contributed by atoms with E-state index in [4.69, 9.17) is 5.26 Å². The van der Waals surface area contributed by atoms with Gasteiger partial charge in [0.15, 0.2) is 0 Å². The van der Waals surface area contributed by atoms with Crippen molar-refractivity contribution in [3.05, 3.63) is 0 Å². The van der Waals surface area contributed by atoms with Gasteiger partial charge < -0.3 is 4.90 Å². The summed E-state index contributed by atoms with van der Waals surface area (Å²) >= 11 is 0. The Bertz CT molecular complexity index is 125. The minimum Gasteiger partial charge on any atom is -0.302 e. The standard InChI is InChI=1S/C8H14N2.ClH/c9-5-4-8-10-6-2-1-3-7-10;/h1-4,6-8H2;1H. The third kappa shape index (κ3) is 4.23. The summed E-state index contributed by atoms with van der Waals surface area (Å²) < 4.78 is 0. The van der Waals surface area contributed by atoms with Gasteiger partial charge in [0.25, 0.3) is 0 Å². The number of halogens is 1. The molecule has 1 rings (SSSR count). The fraction of sp³-hybridized carbons (Fsp3) is 0.875. The number of hydrogen-bond donors (Lipinski definition) is 0. The van der Waals surface area contributed by atoms with Gasteiger partial charge in [-0.05, 0) is 25.9 Å². The molecule has 0 N–H and O–H groups in total. The van der Waals surface area contributed by atoms with Crippen LogP contribution in [0.1, 0.15) is 25.7 Å². The lowest BCUT2D eigenvalue weighted by Crippen LogP contribution is -2.30. The highest BCUT2D eigenvalue weighted by Gasteiger charge is 2.07. The molecule has 0 aromatic heterocycles. The first-order chi connectivity index (χ1) is 4.93. The Morgan fingerprint density at radius 2 is 1.82 bits per heavy atom. The Morgan fingerprint density at radius 1 is 1.18 bits per heavy atom. The van der Waals surface area contributed by atoms with Crippen LogP contribution in [0, 0.1) is 11.3 Å². The zero-order valence-corrected chi connectivity index (χ0v) is 7.57. The molecule has 0 atom stereocenters. The van der Waals surface area contributed by atoms with Crippen LogP contribution in [0.15, 0.2) is 0 Å². The van der Waals surface area contributed by atoms with Gasteiger partial charge in [-0.2, -0.15) is 5.26 Å². The topological polar surface area (TPSA) is 27.0 Å². The first-order valence-electron chi connectivity index (χ1n) is 4.03. The molecule has 1 fully saturated rings. The van der Waals surface area contributed by atoms with Crippen molar-refractivity contribution in [2.24, 2.45) is 0 Å². The Labute approximate surface area is 74.6 Å². The highest BCUT2D eigenvalue weighted by molar-refractivity contribution is 5.85. The van der Waals surface area contributed by atoms with Gasteiger partial charge in [0.1, 0.15) is 0 Å². The summed E-state index contributed by atoms with van der Waals surface area (Å²) in [5.74, 6) is 0. The van der Waals surface area contributed by atoms with Crippen molar-refractivity contribution in [1.82, 2.24) is 4.90 Å². The summed E-state index contributed by atoms with van der Waals surface area (Å²) in [5.41, 5.74) is 0. The summed E-state index contributed by atoms with van der Waals surface area (Å²) in [7, 11) is 0. The zero-order valence-electron chi connectivity index (χ0n) is 6.75. The quantitative estimate of drug-likeness (QED) is 0.639. The van der Waals surface area contributed by atoms with Crippen LogP contribution in [0.25, 0.3) is 0 Å². The van der Waals surface area contributed by atoms with Gasteiger partial charge in [0.05, 0.1) is 6.07 Å². The largest absolute Gasteiger partial charge is 0.302 e. The Kier molecular flexibility index (Phi) is 6.30. The lowest BCUT2D eigenvalue weighted by atomic mass is 10.1. The van der Waals surface area contributed by atoms with Crippen LogP contribution in [-0.4, -0.2) is 24.5 Å². The van der Waals surface area contributed by atoms with Crippen molar-refractivity contribution in [1.29, 1.82) is 5.26 Å². The van der Waals surface area contributed by atoms with E-state index in [2.05, 4.69) is 11.0 Å². The average molecular weight is 175 g/mol. The molecule has 0 unspecified atom stereocenters. The van der Waals surface area contributed by atoms with Crippen LogP contribution in [0.3, 0.4) is 0 Å². The predicted octanol–water partition coefficient (Wildman–Crippen LogP) is 1.81. The monoisotopic (exact) mass is 174 g/mol. The molecule has 1 heterocycles. The summed E-state index contributed by atoms with van der Waals surface area (Å²) in [6, 6.07) is 2.17. The molecule has 1 saturated heterocycles. The van der Waals surface area contributed by atoms with Gasteiger partial charge in [0, 0.05) is 13.0 Å². The van der Waals surface area contributed by atoms with E-state index >= 15 is 0 Å². The molecule has 0 radical (unpaired) electrons. The van der Waals surface area contributed by atoms with Gasteiger partial charge in [-0.25, -0.2) is 0 Å². The van der Waals surface area contributed by atoms with Crippen molar-refractivity contribution in [3.63, 3.8) is 0 Å². The Hall–Kier alpha value is -0.260. The minimum absolute atomic E-state index is 0. The first-order valence-corrected chi connectivity index (χ1v) is 4.03. The third-order valence-electron chi connectivity index (χ3n) is 1.99. The maximum Gasteiger partial charge on any atom is 0.0635 e. The van der Waals surface area contributed by atoms with E-state index in [0.29, 0.717) is 6.42 Å². The van der Waals surface area contributed by atoms with E-state index in [1.165, 1.54) is 32.4 Å². The highest BCUT2D eigenvalue weighted by atomic mass is 35.5. The first kappa shape index (κ1) is 10.7. The molecule has 0 spiro atoms. The fourth-order valence-corrected chi connectivity index (χ4v) is 1.39. The second-order valence-corrected chi connectivity index (χ2v) is 2.81. The molecule has 64 valence electrons.